The summed E-state index contributed by atoms with van der Waals surface area (Å²) in [6, 6.07) is 15.6. The highest BCUT2D eigenvalue weighted by Crippen LogP contribution is 2.36. The molecule has 0 aliphatic carbocycles. The predicted molar refractivity (Wildman–Crippen MR) is 136 cm³/mol. The molecule has 0 fully saturated rings. The number of esters is 1. The number of ether oxygens (including phenoxy) is 2. The Kier molecular flexibility index (Phi) is 10.9. The van der Waals surface area contributed by atoms with E-state index in [4.69, 9.17) is 44.3 Å². The maximum absolute atomic E-state index is 12.2. The molecule has 0 saturated heterocycles. The number of para-hydroxylation sites is 1. The van der Waals surface area contributed by atoms with Crippen LogP contribution in [0.2, 0.25) is 10.0 Å². The van der Waals surface area contributed by atoms with Crippen molar-refractivity contribution in [1.29, 1.82) is 0 Å². The van der Waals surface area contributed by atoms with Gasteiger partial charge in [0, 0.05) is 24.3 Å². The van der Waals surface area contributed by atoms with Crippen LogP contribution < -0.4 is 5.32 Å². The molecular formula is C24H21Cl3N2O6. The number of nitrogens with zero attached hydrogens (tertiary/aromatic N) is 1. The summed E-state index contributed by atoms with van der Waals surface area (Å²) in [5, 5.41) is 13.6. The number of carbonyl (C=O) groups excluding carboxylic acids is 2. The topological polar surface area (TPSA) is 108 Å². The zero-order valence-corrected chi connectivity index (χ0v) is 21.0. The van der Waals surface area contributed by atoms with E-state index < -0.39 is 16.1 Å². The monoisotopic (exact) mass is 538 g/mol. The fraction of sp³-hybridized carbons (Fsp3) is 0.167. The summed E-state index contributed by atoms with van der Waals surface area (Å²) in [6.07, 6.45) is 0. The Balaban J connectivity index is 0.000000303. The van der Waals surface area contributed by atoms with Gasteiger partial charge in [0.2, 0.25) is 0 Å². The van der Waals surface area contributed by atoms with Crippen LogP contribution in [-0.2, 0) is 9.47 Å². The molecule has 0 aromatic heterocycles. The van der Waals surface area contributed by atoms with Gasteiger partial charge < -0.3 is 14.8 Å². The Morgan fingerprint density at radius 2 is 1.69 bits per heavy atom. The van der Waals surface area contributed by atoms with Gasteiger partial charge in [-0.1, -0.05) is 41.4 Å². The summed E-state index contributed by atoms with van der Waals surface area (Å²) >= 11 is 17.6. The molecule has 8 nitrogen and oxygen atoms in total. The molecule has 0 unspecified atom stereocenters. The lowest BCUT2D eigenvalue weighted by Crippen LogP contribution is -2.11. The van der Waals surface area contributed by atoms with E-state index in [1.54, 1.807) is 30.3 Å². The lowest BCUT2D eigenvalue weighted by molar-refractivity contribution is -0.384. The lowest BCUT2D eigenvalue weighted by Gasteiger charge is -2.15. The molecule has 3 aromatic rings. The third-order valence-electron chi connectivity index (χ3n) is 4.47. The molecule has 3 aromatic carbocycles. The van der Waals surface area contributed by atoms with Crippen LogP contribution in [0.25, 0.3) is 0 Å². The first-order valence-electron chi connectivity index (χ1n) is 10.2. The third-order valence-corrected chi connectivity index (χ3v) is 5.49. The molecule has 3 rings (SSSR count). The second-order valence-electron chi connectivity index (χ2n) is 6.84. The lowest BCUT2D eigenvalue weighted by atomic mass is 10.1. The minimum absolute atomic E-state index is 0.0586. The summed E-state index contributed by atoms with van der Waals surface area (Å²) in [4.78, 5) is 32.3. The molecule has 11 heteroatoms. The molecule has 0 aliphatic rings. The number of anilines is 2. The van der Waals surface area contributed by atoms with E-state index >= 15 is 0 Å². The van der Waals surface area contributed by atoms with E-state index in [-0.39, 0.29) is 18.0 Å². The number of hydrogen-bond donors (Lipinski definition) is 1. The van der Waals surface area contributed by atoms with Crippen LogP contribution in [0.1, 0.15) is 33.2 Å². The van der Waals surface area contributed by atoms with E-state index in [0.717, 1.165) is 5.56 Å². The van der Waals surface area contributed by atoms with Gasteiger partial charge in [0.05, 0.1) is 31.9 Å². The highest BCUT2D eigenvalue weighted by atomic mass is 35.5. The van der Waals surface area contributed by atoms with Crippen LogP contribution in [0.15, 0.2) is 60.7 Å². The van der Waals surface area contributed by atoms with E-state index in [2.05, 4.69) is 5.32 Å². The molecule has 184 valence electrons. The Morgan fingerprint density at radius 1 is 1.03 bits per heavy atom. The van der Waals surface area contributed by atoms with E-state index in [1.165, 1.54) is 24.3 Å². The second kappa shape index (κ2) is 13.7. The number of rotatable bonds is 8. The standard InChI is InChI=1S/C17H17Cl2NO3.C7H4ClNO3/c1-3-22-10-23-17(21)12-6-4-5-7-14(12)20-16-13(18)9-8-11(2)15(16)19;8-7(10)5-1-3-6(4-2-5)9(11)12/h4-9,20H,3,10H2,1-2H3;1-4H. The molecule has 0 bridgehead atoms. The van der Waals surface area contributed by atoms with Crippen molar-refractivity contribution >= 4 is 63.1 Å². The van der Waals surface area contributed by atoms with Gasteiger partial charge in [0.1, 0.15) is 0 Å². The molecule has 0 atom stereocenters. The smallest absolute Gasteiger partial charge is 0.342 e. The van der Waals surface area contributed by atoms with Crippen molar-refractivity contribution in [3.8, 4) is 0 Å². The maximum atomic E-state index is 12.2. The average molecular weight is 540 g/mol. The quantitative estimate of drug-likeness (QED) is 0.0807. The van der Waals surface area contributed by atoms with Gasteiger partial charge in [-0.15, -0.1) is 0 Å². The first kappa shape index (κ1) is 28.1. The van der Waals surface area contributed by atoms with Crippen molar-refractivity contribution in [2.24, 2.45) is 0 Å². The molecule has 0 heterocycles. The van der Waals surface area contributed by atoms with Crippen molar-refractivity contribution in [1.82, 2.24) is 0 Å². The fourth-order valence-electron chi connectivity index (χ4n) is 2.65. The van der Waals surface area contributed by atoms with E-state index in [1.807, 2.05) is 19.9 Å². The van der Waals surface area contributed by atoms with E-state index in [0.29, 0.717) is 33.6 Å². The molecule has 35 heavy (non-hydrogen) atoms. The zero-order valence-electron chi connectivity index (χ0n) is 18.7. The second-order valence-corrected chi connectivity index (χ2v) is 7.97. The van der Waals surface area contributed by atoms with Gasteiger partial charge in [0.25, 0.3) is 10.9 Å². The largest absolute Gasteiger partial charge is 0.435 e. The normalized spacial score (nSPS) is 10.1. The van der Waals surface area contributed by atoms with Crippen molar-refractivity contribution in [2.75, 3.05) is 18.7 Å². The predicted octanol–water partition coefficient (Wildman–Crippen LogP) is 7.17. The third kappa shape index (κ3) is 8.22. The number of non-ortho nitro benzene ring substituents is 1. The van der Waals surface area contributed by atoms with E-state index in [9.17, 15) is 19.7 Å². The first-order chi connectivity index (χ1) is 16.6. The molecule has 0 saturated carbocycles. The Labute approximate surface area is 216 Å². The number of halogens is 3. The molecule has 0 amide bonds. The van der Waals surface area contributed by atoms with Gasteiger partial charge >= 0.3 is 5.97 Å². The highest BCUT2D eigenvalue weighted by Gasteiger charge is 2.15. The van der Waals surface area contributed by atoms with Crippen LogP contribution in [0.5, 0.6) is 0 Å². The fourth-order valence-corrected chi connectivity index (χ4v) is 3.24. The number of carbonyl (C=O) groups is 2. The van der Waals surface area contributed by atoms with Crippen molar-refractivity contribution in [3.05, 3.63) is 97.5 Å². The van der Waals surface area contributed by atoms with Crippen LogP contribution in [-0.4, -0.2) is 29.5 Å². The van der Waals surface area contributed by atoms with Gasteiger partial charge in [-0.2, -0.15) is 0 Å². The first-order valence-corrected chi connectivity index (χ1v) is 11.3. The Bertz CT molecular complexity index is 1170. The summed E-state index contributed by atoms with van der Waals surface area (Å²) in [5.41, 5.74) is 2.57. The van der Waals surface area contributed by atoms with Crippen LogP contribution in [0.4, 0.5) is 17.1 Å². The molecular weight excluding hydrogens is 519 g/mol. The van der Waals surface area contributed by atoms with Gasteiger partial charge in [-0.3, -0.25) is 14.9 Å². The Morgan fingerprint density at radius 3 is 2.29 bits per heavy atom. The molecule has 1 N–H and O–H groups in total. The zero-order chi connectivity index (χ0) is 26.0. The number of nitro groups is 1. The van der Waals surface area contributed by atoms with Crippen LogP contribution in [0, 0.1) is 17.0 Å². The number of nitro benzene ring substituents is 1. The summed E-state index contributed by atoms with van der Waals surface area (Å²) in [7, 11) is 0. The maximum Gasteiger partial charge on any atom is 0.342 e. The summed E-state index contributed by atoms with van der Waals surface area (Å²) in [6.45, 7) is 4.09. The Hall–Kier alpha value is -3.17. The minimum Gasteiger partial charge on any atom is -0.435 e. The van der Waals surface area contributed by atoms with Gasteiger partial charge in [-0.25, -0.2) is 4.79 Å². The van der Waals surface area contributed by atoms with Crippen molar-refractivity contribution in [2.45, 2.75) is 13.8 Å². The van der Waals surface area contributed by atoms with Gasteiger partial charge in [-0.05, 0) is 61.3 Å². The minimum atomic E-state index is -0.620. The number of nitrogens with one attached hydrogen (secondary N) is 1. The van der Waals surface area contributed by atoms with Crippen LogP contribution >= 0.6 is 34.8 Å². The summed E-state index contributed by atoms with van der Waals surface area (Å²) in [5.74, 6) is -0.485. The molecule has 0 spiro atoms. The van der Waals surface area contributed by atoms with Gasteiger partial charge in [0.15, 0.2) is 6.79 Å². The highest BCUT2D eigenvalue weighted by molar-refractivity contribution is 6.67. The number of aryl methyl sites for hydroxylation is 1. The summed E-state index contributed by atoms with van der Waals surface area (Å²) < 4.78 is 10.1. The number of benzene rings is 3. The SMILES string of the molecule is CCOCOC(=O)c1ccccc1Nc1c(Cl)ccc(C)c1Cl.O=C(Cl)c1ccc([N+](=O)[O-])cc1. The molecule has 0 radical (unpaired) electrons. The van der Waals surface area contributed by atoms with Crippen molar-refractivity contribution in [3.63, 3.8) is 0 Å². The average Bonchev–Trinajstić information content (AvgIpc) is 2.85. The van der Waals surface area contributed by atoms with Crippen LogP contribution in [0.3, 0.4) is 0 Å². The molecule has 0 aliphatic heterocycles. The number of hydrogen-bond acceptors (Lipinski definition) is 7. The van der Waals surface area contributed by atoms with Crippen molar-refractivity contribution < 1.29 is 24.0 Å².